The summed E-state index contributed by atoms with van der Waals surface area (Å²) >= 11 is 0. The minimum absolute atomic E-state index is 0.256. The molecule has 0 aliphatic carbocycles. The van der Waals surface area contributed by atoms with E-state index in [0.717, 1.165) is 18.2 Å². The van der Waals surface area contributed by atoms with E-state index in [-0.39, 0.29) is 5.75 Å². The van der Waals surface area contributed by atoms with Crippen molar-refractivity contribution in [2.24, 2.45) is 5.90 Å². The van der Waals surface area contributed by atoms with E-state index in [1.165, 1.54) is 0 Å². The predicted molar refractivity (Wildman–Crippen MR) is 42.0 cm³/mol. The molecule has 0 spiro atoms. The van der Waals surface area contributed by atoms with Crippen molar-refractivity contribution < 1.29 is 23.3 Å². The van der Waals surface area contributed by atoms with Crippen LogP contribution in [-0.4, -0.2) is 10.2 Å². The predicted octanol–water partition coefficient (Wildman–Crippen LogP) is 0.107. The minimum atomic E-state index is -4.13. The van der Waals surface area contributed by atoms with Gasteiger partial charge in [0, 0.05) is 12.1 Å². The third-order valence-corrected chi connectivity index (χ3v) is 2.48. The highest BCUT2D eigenvalue weighted by Crippen LogP contribution is 2.30. The maximum atomic E-state index is 10.9. The van der Waals surface area contributed by atoms with Gasteiger partial charge in [-0.3, -0.25) is 0 Å². The lowest BCUT2D eigenvalue weighted by molar-refractivity contribution is 0.259. The molecule has 0 bridgehead atoms. The Morgan fingerprint density at radius 3 is 2.46 bits per heavy atom. The Morgan fingerprint density at radius 2 is 2.00 bits per heavy atom. The van der Waals surface area contributed by atoms with Crippen LogP contribution in [0.25, 0.3) is 0 Å². The van der Waals surface area contributed by atoms with Crippen LogP contribution in [0.4, 0.5) is 0 Å². The lowest BCUT2D eigenvalue weighted by atomic mass is 10.3. The van der Waals surface area contributed by atoms with Crippen LogP contribution in [0.1, 0.15) is 0 Å². The third-order valence-electron chi connectivity index (χ3n) is 1.34. The Kier molecular flexibility index (Phi) is 2.52. The zero-order valence-corrected chi connectivity index (χ0v) is 7.15. The standard InChI is InChI=1S/C6H7NO5S/c7-12-13(10,11)6-2-1-4(8)3-5(6)9/h1-3,8-9H,7H2/q+1. The molecule has 0 heterocycles. The zero-order valence-electron chi connectivity index (χ0n) is 6.34. The minimum Gasteiger partial charge on any atom is -0.508 e. The number of phenolic OH excluding ortho intramolecular Hbond substituents is 2. The van der Waals surface area contributed by atoms with E-state index < -0.39 is 21.1 Å². The number of hydrogen-bond donors (Lipinski definition) is 3. The fourth-order valence-electron chi connectivity index (χ4n) is 0.769. The Morgan fingerprint density at radius 1 is 1.38 bits per heavy atom. The molecule has 1 radical (unpaired) electrons. The number of aromatic hydroxyl groups is 2. The summed E-state index contributed by atoms with van der Waals surface area (Å²) in [6.45, 7) is 0. The highest BCUT2D eigenvalue weighted by molar-refractivity contribution is 7.93. The summed E-state index contributed by atoms with van der Waals surface area (Å²) < 4.78 is 25.6. The van der Waals surface area contributed by atoms with E-state index in [9.17, 15) is 8.76 Å². The molecule has 0 aliphatic heterocycles. The Labute approximate surface area is 75.0 Å². The summed E-state index contributed by atoms with van der Waals surface area (Å²) in [6.07, 6.45) is 0. The number of rotatable bonds is 2. The van der Waals surface area contributed by atoms with Crippen molar-refractivity contribution in [3.8, 4) is 11.5 Å². The van der Waals surface area contributed by atoms with Gasteiger partial charge in [-0.2, -0.15) is 5.90 Å². The fourth-order valence-corrected chi connectivity index (χ4v) is 1.42. The molecule has 1 aromatic rings. The maximum absolute atomic E-state index is 10.9. The second-order valence-corrected chi connectivity index (χ2v) is 3.74. The first-order valence-corrected chi connectivity index (χ1v) is 4.53. The van der Waals surface area contributed by atoms with Gasteiger partial charge in [-0.1, -0.05) is 0 Å². The maximum Gasteiger partial charge on any atom is 0.451 e. The van der Waals surface area contributed by atoms with E-state index in [1.54, 1.807) is 0 Å². The SMILES string of the molecule is NO[S+]([O])(=O)c1ccc(O)cc1O. The second kappa shape index (κ2) is 3.30. The summed E-state index contributed by atoms with van der Waals surface area (Å²) in [7, 11) is -4.13. The monoisotopic (exact) mass is 205 g/mol. The molecule has 0 saturated carbocycles. The molecule has 1 unspecified atom stereocenters. The molecular formula is C6H7NO5S+. The topological polar surface area (TPSA) is 113 Å². The Bertz CT molecular complexity index is 366. The van der Waals surface area contributed by atoms with E-state index in [4.69, 9.17) is 10.2 Å². The van der Waals surface area contributed by atoms with Crippen molar-refractivity contribution in [1.29, 1.82) is 0 Å². The summed E-state index contributed by atoms with van der Waals surface area (Å²) in [5.41, 5.74) is 0. The Hall–Kier alpha value is -1.15. The highest BCUT2D eigenvalue weighted by Gasteiger charge is 2.37. The van der Waals surface area contributed by atoms with Crippen LogP contribution in [0.3, 0.4) is 0 Å². The van der Waals surface area contributed by atoms with Gasteiger partial charge in [0.05, 0.1) is 4.55 Å². The molecule has 0 fully saturated rings. The Balaban J connectivity index is 3.24. The van der Waals surface area contributed by atoms with Crippen LogP contribution in [0.2, 0.25) is 0 Å². The molecule has 6 nitrogen and oxygen atoms in total. The zero-order chi connectivity index (χ0) is 10.1. The molecule has 0 aromatic heterocycles. The summed E-state index contributed by atoms with van der Waals surface area (Å²) in [5, 5.41) is 17.9. The van der Waals surface area contributed by atoms with Crippen LogP contribution in [0, 0.1) is 0 Å². The summed E-state index contributed by atoms with van der Waals surface area (Å²) in [6, 6.07) is 2.93. The van der Waals surface area contributed by atoms with Crippen molar-refractivity contribution in [3.05, 3.63) is 18.2 Å². The summed E-state index contributed by atoms with van der Waals surface area (Å²) in [4.78, 5) is -0.493. The number of phenols is 2. The summed E-state index contributed by atoms with van der Waals surface area (Å²) in [5.74, 6) is 3.61. The van der Waals surface area contributed by atoms with Crippen LogP contribution in [0.15, 0.2) is 23.1 Å². The molecule has 7 heteroatoms. The van der Waals surface area contributed by atoms with E-state index in [2.05, 4.69) is 10.2 Å². The fraction of sp³-hybridized carbons (Fsp3) is 0. The molecule has 0 amide bonds. The average Bonchev–Trinajstić information content (AvgIpc) is 2.03. The first-order chi connectivity index (χ1) is 5.97. The van der Waals surface area contributed by atoms with Crippen molar-refractivity contribution >= 4 is 10.5 Å². The van der Waals surface area contributed by atoms with Gasteiger partial charge < -0.3 is 10.2 Å². The smallest absolute Gasteiger partial charge is 0.451 e. The van der Waals surface area contributed by atoms with Crippen LogP contribution in [0.5, 0.6) is 11.5 Å². The van der Waals surface area contributed by atoms with Crippen molar-refractivity contribution in [1.82, 2.24) is 0 Å². The molecule has 0 aliphatic rings. The largest absolute Gasteiger partial charge is 0.508 e. The molecule has 13 heavy (non-hydrogen) atoms. The number of nitrogens with two attached hydrogens (primary N) is 1. The molecule has 1 aromatic carbocycles. The van der Waals surface area contributed by atoms with Gasteiger partial charge in [-0.25, -0.2) is 0 Å². The average molecular weight is 205 g/mol. The van der Waals surface area contributed by atoms with Crippen molar-refractivity contribution in [3.63, 3.8) is 0 Å². The number of hydrogen-bond acceptors (Lipinski definition) is 5. The third kappa shape index (κ3) is 1.95. The van der Waals surface area contributed by atoms with Crippen LogP contribution in [-0.2, 0) is 23.5 Å². The van der Waals surface area contributed by atoms with Gasteiger partial charge in [-0.15, -0.1) is 0 Å². The van der Waals surface area contributed by atoms with Gasteiger partial charge in [0.25, 0.3) is 4.90 Å². The highest BCUT2D eigenvalue weighted by atomic mass is 32.3. The molecule has 0 saturated heterocycles. The van der Waals surface area contributed by atoms with E-state index in [1.807, 2.05) is 0 Å². The lowest BCUT2D eigenvalue weighted by Gasteiger charge is -1.99. The quantitative estimate of drug-likeness (QED) is 0.468. The first-order valence-electron chi connectivity index (χ1n) is 3.13. The molecule has 71 valence electrons. The van der Waals surface area contributed by atoms with Gasteiger partial charge in [0.15, 0.2) is 5.75 Å². The molecule has 1 rings (SSSR count). The van der Waals surface area contributed by atoms with Gasteiger partial charge >= 0.3 is 10.5 Å². The van der Waals surface area contributed by atoms with Crippen LogP contribution >= 0.6 is 0 Å². The molecular weight excluding hydrogens is 198 g/mol. The van der Waals surface area contributed by atoms with E-state index >= 15 is 0 Å². The van der Waals surface area contributed by atoms with Gasteiger partial charge in [0.2, 0.25) is 0 Å². The number of benzene rings is 1. The van der Waals surface area contributed by atoms with Crippen molar-refractivity contribution in [2.45, 2.75) is 4.90 Å². The normalized spacial score (nSPS) is 15.2. The van der Waals surface area contributed by atoms with Gasteiger partial charge in [0.1, 0.15) is 5.75 Å². The van der Waals surface area contributed by atoms with Crippen molar-refractivity contribution in [2.75, 3.05) is 0 Å². The first kappa shape index (κ1) is 9.93. The second-order valence-electron chi connectivity index (χ2n) is 2.20. The lowest BCUT2D eigenvalue weighted by Crippen LogP contribution is -2.16. The molecule has 1 atom stereocenters. The van der Waals surface area contributed by atoms with Gasteiger partial charge in [-0.05, 0) is 14.6 Å². The van der Waals surface area contributed by atoms with Crippen LogP contribution < -0.4 is 5.90 Å². The van der Waals surface area contributed by atoms with E-state index in [0.29, 0.717) is 0 Å². The molecule has 4 N–H and O–H groups in total.